The first kappa shape index (κ1) is 18.4. The van der Waals surface area contributed by atoms with Crippen LogP contribution in [0.4, 0.5) is 26.3 Å². The predicted octanol–water partition coefficient (Wildman–Crippen LogP) is 6.42. The van der Waals surface area contributed by atoms with Crippen LogP contribution in [0.2, 0.25) is 5.02 Å². The molecule has 0 fully saturated rings. The number of allylic oxidation sites excluding steroid dienone is 1. The molecule has 2 aromatic carbocycles. The van der Waals surface area contributed by atoms with Crippen LogP contribution in [0.15, 0.2) is 54.6 Å². The van der Waals surface area contributed by atoms with Crippen molar-refractivity contribution in [2.75, 3.05) is 0 Å². The minimum absolute atomic E-state index is 0.128. The summed E-state index contributed by atoms with van der Waals surface area (Å²) >= 11 is 5.68. The van der Waals surface area contributed by atoms with E-state index in [0.29, 0.717) is 5.02 Å². The largest absolute Gasteiger partial charge is 0.373 e. The molecule has 0 aliphatic rings. The highest BCUT2D eigenvalue weighted by Gasteiger charge is 2.64. The molecule has 0 nitrogen and oxygen atoms in total. The normalized spacial score (nSPS) is 13.4. The van der Waals surface area contributed by atoms with Gasteiger partial charge in [-0.25, -0.2) is 8.78 Å². The fourth-order valence-electron chi connectivity index (χ4n) is 2.02. The second-order valence-corrected chi connectivity index (χ2v) is 5.41. The van der Waals surface area contributed by atoms with E-state index >= 15 is 0 Å². The second-order valence-electron chi connectivity index (χ2n) is 4.97. The van der Waals surface area contributed by atoms with Gasteiger partial charge >= 0.3 is 18.3 Å². The van der Waals surface area contributed by atoms with Crippen molar-refractivity contribution in [1.29, 1.82) is 0 Å². The van der Waals surface area contributed by atoms with E-state index in [4.69, 9.17) is 11.6 Å². The van der Waals surface area contributed by atoms with E-state index in [1.54, 1.807) is 0 Å². The Balaban J connectivity index is 2.62. The lowest BCUT2D eigenvalue weighted by atomic mass is 9.93. The molecular weight excluding hydrogens is 354 g/mol. The first-order valence-corrected chi connectivity index (χ1v) is 7.11. The SMILES string of the molecule is FC(F)C(F)(F)C(F)(F)/C(=C\c1ccc(Cl)cc1)c1ccccc1. The third-order valence-electron chi connectivity index (χ3n) is 3.30. The molecule has 2 rings (SSSR count). The highest BCUT2D eigenvalue weighted by molar-refractivity contribution is 6.30. The average molecular weight is 365 g/mol. The molecule has 0 saturated heterocycles. The topological polar surface area (TPSA) is 0 Å². The van der Waals surface area contributed by atoms with Crippen LogP contribution < -0.4 is 0 Å². The van der Waals surface area contributed by atoms with E-state index in [0.717, 1.165) is 18.2 Å². The molecule has 0 amide bonds. The van der Waals surface area contributed by atoms with Gasteiger partial charge in [0.15, 0.2) is 0 Å². The molecule has 0 aliphatic carbocycles. The Morgan fingerprint density at radius 1 is 0.875 bits per heavy atom. The monoisotopic (exact) mass is 364 g/mol. The number of hydrogen-bond donors (Lipinski definition) is 0. The van der Waals surface area contributed by atoms with Crippen molar-refractivity contribution in [2.45, 2.75) is 18.3 Å². The predicted molar refractivity (Wildman–Crippen MR) is 81.7 cm³/mol. The van der Waals surface area contributed by atoms with Crippen LogP contribution in [0.1, 0.15) is 11.1 Å². The van der Waals surface area contributed by atoms with E-state index in [2.05, 4.69) is 0 Å². The fourth-order valence-corrected chi connectivity index (χ4v) is 2.14. The van der Waals surface area contributed by atoms with Crippen molar-refractivity contribution >= 4 is 23.3 Å². The van der Waals surface area contributed by atoms with Gasteiger partial charge in [-0.15, -0.1) is 0 Å². The summed E-state index contributed by atoms with van der Waals surface area (Å²) in [5.74, 6) is -10.6. The van der Waals surface area contributed by atoms with Gasteiger partial charge in [0, 0.05) is 10.6 Å². The Bertz CT molecular complexity index is 708. The zero-order valence-electron chi connectivity index (χ0n) is 12.0. The van der Waals surface area contributed by atoms with E-state index < -0.39 is 23.8 Å². The lowest BCUT2D eigenvalue weighted by Gasteiger charge is -2.28. The van der Waals surface area contributed by atoms with Crippen molar-refractivity contribution in [3.05, 3.63) is 70.7 Å². The smallest absolute Gasteiger partial charge is 0.203 e. The van der Waals surface area contributed by atoms with Gasteiger partial charge in [0.25, 0.3) is 0 Å². The number of hydrogen-bond acceptors (Lipinski definition) is 0. The van der Waals surface area contributed by atoms with Gasteiger partial charge in [-0.3, -0.25) is 0 Å². The Labute approximate surface area is 139 Å². The molecule has 0 bridgehead atoms. The molecule has 0 radical (unpaired) electrons. The molecule has 0 saturated carbocycles. The molecule has 0 N–H and O–H groups in total. The molecule has 128 valence electrons. The first-order valence-electron chi connectivity index (χ1n) is 6.73. The Morgan fingerprint density at radius 2 is 1.42 bits per heavy atom. The van der Waals surface area contributed by atoms with Crippen LogP contribution in [-0.4, -0.2) is 18.3 Å². The maximum atomic E-state index is 14.2. The molecular formula is C17H11ClF6. The van der Waals surface area contributed by atoms with Crippen molar-refractivity contribution in [2.24, 2.45) is 0 Å². The van der Waals surface area contributed by atoms with Crippen molar-refractivity contribution in [3.63, 3.8) is 0 Å². The summed E-state index contributed by atoms with van der Waals surface area (Å²) in [6.45, 7) is 0. The second kappa shape index (κ2) is 6.89. The fraction of sp³-hybridized carbons (Fsp3) is 0.176. The number of benzene rings is 2. The zero-order valence-corrected chi connectivity index (χ0v) is 12.8. The summed E-state index contributed by atoms with van der Waals surface area (Å²) in [7, 11) is 0. The van der Waals surface area contributed by atoms with Gasteiger partial charge in [0.1, 0.15) is 0 Å². The number of halogens is 7. The van der Waals surface area contributed by atoms with E-state index in [-0.39, 0.29) is 11.1 Å². The molecule has 2 aromatic rings. The standard InChI is InChI=1S/C17H11ClF6/c18-13-8-6-11(7-9-13)10-14(12-4-2-1-3-5-12)16(21,22)17(23,24)15(19)20/h1-10,15H/b14-10-. The molecule has 0 aliphatic heterocycles. The third kappa shape index (κ3) is 3.59. The Morgan fingerprint density at radius 3 is 1.92 bits per heavy atom. The minimum Gasteiger partial charge on any atom is -0.203 e. The molecule has 0 heterocycles. The van der Waals surface area contributed by atoms with E-state index in [1.807, 2.05) is 0 Å². The third-order valence-corrected chi connectivity index (χ3v) is 3.55. The number of rotatable bonds is 5. The summed E-state index contributed by atoms with van der Waals surface area (Å²) in [5, 5.41) is 0.318. The highest BCUT2D eigenvalue weighted by Crippen LogP contribution is 2.48. The van der Waals surface area contributed by atoms with Crippen molar-refractivity contribution in [3.8, 4) is 0 Å². The molecule has 0 aromatic heterocycles. The van der Waals surface area contributed by atoms with Crippen LogP contribution in [0.25, 0.3) is 11.6 Å². The first-order chi connectivity index (χ1) is 11.2. The van der Waals surface area contributed by atoms with E-state index in [9.17, 15) is 26.3 Å². The van der Waals surface area contributed by atoms with Crippen LogP contribution in [0.3, 0.4) is 0 Å². The van der Waals surface area contributed by atoms with Crippen LogP contribution in [-0.2, 0) is 0 Å². The summed E-state index contributed by atoms with van der Waals surface area (Å²) in [4.78, 5) is 0. The van der Waals surface area contributed by atoms with Crippen LogP contribution in [0.5, 0.6) is 0 Å². The summed E-state index contributed by atoms with van der Waals surface area (Å²) in [5.41, 5.74) is -1.35. The maximum Gasteiger partial charge on any atom is 0.373 e. The van der Waals surface area contributed by atoms with Gasteiger partial charge in [-0.2, -0.15) is 17.6 Å². The molecule has 24 heavy (non-hydrogen) atoms. The highest BCUT2D eigenvalue weighted by atomic mass is 35.5. The maximum absolute atomic E-state index is 14.2. The van der Waals surface area contributed by atoms with Gasteiger partial charge in [0.2, 0.25) is 0 Å². The number of alkyl halides is 6. The zero-order chi connectivity index (χ0) is 18.0. The van der Waals surface area contributed by atoms with Gasteiger partial charge in [-0.1, -0.05) is 54.1 Å². The van der Waals surface area contributed by atoms with Crippen molar-refractivity contribution in [1.82, 2.24) is 0 Å². The molecule has 0 atom stereocenters. The van der Waals surface area contributed by atoms with Gasteiger partial charge in [-0.05, 0) is 29.3 Å². The molecule has 0 spiro atoms. The summed E-state index contributed by atoms with van der Waals surface area (Å²) < 4.78 is 80.4. The van der Waals surface area contributed by atoms with E-state index in [1.165, 1.54) is 42.5 Å². The van der Waals surface area contributed by atoms with Gasteiger partial charge < -0.3 is 0 Å². The molecule has 0 unspecified atom stereocenters. The van der Waals surface area contributed by atoms with Crippen molar-refractivity contribution < 1.29 is 26.3 Å². The van der Waals surface area contributed by atoms with Gasteiger partial charge in [0.05, 0.1) is 0 Å². The Hall–Kier alpha value is -1.95. The summed E-state index contributed by atoms with van der Waals surface area (Å²) in [6, 6.07) is 11.9. The lowest BCUT2D eigenvalue weighted by Crippen LogP contribution is -2.47. The molecule has 7 heteroatoms. The van der Waals surface area contributed by atoms with Crippen LogP contribution >= 0.6 is 11.6 Å². The lowest BCUT2D eigenvalue weighted by molar-refractivity contribution is -0.236. The van der Waals surface area contributed by atoms with Crippen LogP contribution in [0, 0.1) is 0 Å². The summed E-state index contributed by atoms with van der Waals surface area (Å²) in [6.07, 6.45) is -3.76. The minimum atomic E-state index is -5.51. The quantitative estimate of drug-likeness (QED) is 0.424. The Kier molecular flexibility index (Phi) is 5.28. The average Bonchev–Trinajstić information content (AvgIpc) is 2.54.